The summed E-state index contributed by atoms with van der Waals surface area (Å²) in [6.45, 7) is 2.11. The molecular formula is C21H23N3OS2. The van der Waals surface area contributed by atoms with Crippen LogP contribution >= 0.6 is 23.1 Å². The summed E-state index contributed by atoms with van der Waals surface area (Å²) in [5.74, 6) is 0.994. The first-order chi connectivity index (χ1) is 13.3. The van der Waals surface area contributed by atoms with Crippen molar-refractivity contribution in [2.75, 3.05) is 25.4 Å². The van der Waals surface area contributed by atoms with E-state index in [9.17, 15) is 4.79 Å². The van der Waals surface area contributed by atoms with Crippen LogP contribution in [0, 0.1) is 0 Å². The van der Waals surface area contributed by atoms with Crippen molar-refractivity contribution in [3.63, 3.8) is 0 Å². The maximum absolute atomic E-state index is 12.4. The minimum atomic E-state index is 0.108. The summed E-state index contributed by atoms with van der Waals surface area (Å²) >= 11 is 3.52. The van der Waals surface area contributed by atoms with Crippen LogP contribution in [-0.4, -0.2) is 41.2 Å². The maximum atomic E-state index is 12.4. The number of hydrogen-bond donors (Lipinski definition) is 1. The molecule has 1 atom stereocenters. The molecule has 3 aromatic rings. The van der Waals surface area contributed by atoms with Crippen LogP contribution < -0.4 is 5.32 Å². The molecule has 2 aromatic carbocycles. The SMILES string of the molecule is O=C(CN1CCCC1c1nc2ccccc2s1)NCCSc1ccccc1. The van der Waals surface area contributed by atoms with Crippen LogP contribution in [0.5, 0.6) is 0 Å². The minimum absolute atomic E-state index is 0.108. The number of carbonyl (C=O) groups is 1. The topological polar surface area (TPSA) is 45.2 Å². The zero-order valence-corrected chi connectivity index (χ0v) is 16.8. The van der Waals surface area contributed by atoms with Crippen molar-refractivity contribution in [1.29, 1.82) is 0 Å². The van der Waals surface area contributed by atoms with E-state index in [1.54, 1.807) is 23.1 Å². The number of nitrogens with one attached hydrogen (secondary N) is 1. The zero-order valence-electron chi connectivity index (χ0n) is 15.1. The van der Waals surface area contributed by atoms with Gasteiger partial charge in [0.1, 0.15) is 5.01 Å². The van der Waals surface area contributed by atoms with E-state index in [-0.39, 0.29) is 11.9 Å². The highest BCUT2D eigenvalue weighted by Crippen LogP contribution is 2.36. The molecular weight excluding hydrogens is 374 g/mol. The number of carbonyl (C=O) groups excluding carboxylic acids is 1. The molecule has 4 nitrogen and oxygen atoms in total. The summed E-state index contributed by atoms with van der Waals surface area (Å²) in [6, 6.07) is 18.8. The number of fused-ring (bicyclic) bond motifs is 1. The predicted molar refractivity (Wildman–Crippen MR) is 113 cm³/mol. The molecule has 0 saturated carbocycles. The van der Waals surface area contributed by atoms with E-state index in [2.05, 4.69) is 40.5 Å². The van der Waals surface area contributed by atoms with Crippen molar-refractivity contribution < 1.29 is 4.79 Å². The Balaban J connectivity index is 1.28. The summed E-state index contributed by atoms with van der Waals surface area (Å²) in [7, 11) is 0. The van der Waals surface area contributed by atoms with Crippen molar-refractivity contribution in [1.82, 2.24) is 15.2 Å². The molecule has 1 amide bonds. The van der Waals surface area contributed by atoms with E-state index in [1.807, 2.05) is 24.3 Å². The number of aromatic nitrogens is 1. The van der Waals surface area contributed by atoms with Gasteiger partial charge in [-0.2, -0.15) is 0 Å². The average Bonchev–Trinajstić information content (AvgIpc) is 3.32. The Bertz CT molecular complexity index is 864. The van der Waals surface area contributed by atoms with Crippen molar-refractivity contribution in [3.05, 3.63) is 59.6 Å². The molecule has 1 aliphatic heterocycles. The normalized spacial score (nSPS) is 17.4. The quantitative estimate of drug-likeness (QED) is 0.476. The lowest BCUT2D eigenvalue weighted by molar-refractivity contribution is -0.122. The zero-order chi connectivity index (χ0) is 18.5. The van der Waals surface area contributed by atoms with Gasteiger partial charge in [-0.05, 0) is 43.7 Å². The highest BCUT2D eigenvalue weighted by Gasteiger charge is 2.29. The molecule has 1 N–H and O–H groups in total. The maximum Gasteiger partial charge on any atom is 0.234 e. The van der Waals surface area contributed by atoms with Gasteiger partial charge in [0.2, 0.25) is 5.91 Å². The fourth-order valence-corrected chi connectivity index (χ4v) is 5.37. The van der Waals surface area contributed by atoms with Crippen LogP contribution in [0.25, 0.3) is 10.2 Å². The van der Waals surface area contributed by atoms with Crippen LogP contribution in [0.3, 0.4) is 0 Å². The van der Waals surface area contributed by atoms with E-state index in [4.69, 9.17) is 4.98 Å². The lowest BCUT2D eigenvalue weighted by Gasteiger charge is -2.22. The molecule has 0 spiro atoms. The van der Waals surface area contributed by atoms with Crippen LogP contribution in [-0.2, 0) is 4.79 Å². The smallest absolute Gasteiger partial charge is 0.234 e. The first-order valence-electron chi connectivity index (χ1n) is 9.34. The lowest BCUT2D eigenvalue weighted by atomic mass is 10.2. The van der Waals surface area contributed by atoms with Gasteiger partial charge in [-0.15, -0.1) is 23.1 Å². The van der Waals surface area contributed by atoms with Crippen LogP contribution in [0.4, 0.5) is 0 Å². The van der Waals surface area contributed by atoms with Gasteiger partial charge in [-0.1, -0.05) is 30.3 Å². The van der Waals surface area contributed by atoms with Gasteiger partial charge in [-0.25, -0.2) is 4.98 Å². The van der Waals surface area contributed by atoms with Gasteiger partial charge < -0.3 is 5.32 Å². The number of nitrogens with zero attached hydrogens (tertiary/aromatic N) is 2. The molecule has 2 heterocycles. The summed E-state index contributed by atoms with van der Waals surface area (Å²) in [6.07, 6.45) is 2.20. The standard InChI is InChI=1S/C21H23N3OS2/c25-20(22-12-14-26-16-7-2-1-3-8-16)15-24-13-6-10-18(24)21-23-17-9-4-5-11-19(17)27-21/h1-5,7-9,11,18H,6,10,12-15H2,(H,22,25). The second-order valence-electron chi connectivity index (χ2n) is 6.66. The lowest BCUT2D eigenvalue weighted by Crippen LogP contribution is -2.37. The molecule has 1 saturated heterocycles. The van der Waals surface area contributed by atoms with Crippen molar-refractivity contribution >= 4 is 39.2 Å². The fraction of sp³-hybridized carbons (Fsp3) is 0.333. The van der Waals surface area contributed by atoms with E-state index in [0.29, 0.717) is 13.1 Å². The van der Waals surface area contributed by atoms with Gasteiger partial charge >= 0.3 is 0 Å². The third-order valence-corrected chi connectivity index (χ3v) is 6.89. The number of likely N-dealkylation sites (tertiary alicyclic amines) is 1. The summed E-state index contributed by atoms with van der Waals surface area (Å²) in [4.78, 5) is 20.7. The van der Waals surface area contributed by atoms with E-state index < -0.39 is 0 Å². The molecule has 0 radical (unpaired) electrons. The second kappa shape index (κ2) is 8.87. The van der Waals surface area contributed by atoms with Gasteiger partial charge in [-0.3, -0.25) is 9.69 Å². The number of thiazole rings is 1. The highest BCUT2D eigenvalue weighted by atomic mass is 32.2. The summed E-state index contributed by atoms with van der Waals surface area (Å²) in [5, 5.41) is 4.20. The Morgan fingerprint density at radius 2 is 2.00 bits per heavy atom. The monoisotopic (exact) mass is 397 g/mol. The molecule has 0 aliphatic carbocycles. The van der Waals surface area contributed by atoms with Crippen molar-refractivity contribution in [2.24, 2.45) is 0 Å². The Hall–Kier alpha value is -1.89. The number of thioether (sulfide) groups is 1. The van der Waals surface area contributed by atoms with Gasteiger partial charge in [0.15, 0.2) is 0 Å². The van der Waals surface area contributed by atoms with E-state index in [0.717, 1.165) is 35.7 Å². The minimum Gasteiger partial charge on any atom is -0.354 e. The van der Waals surface area contributed by atoms with Crippen LogP contribution in [0.2, 0.25) is 0 Å². The van der Waals surface area contributed by atoms with Crippen molar-refractivity contribution in [2.45, 2.75) is 23.8 Å². The number of amides is 1. The Labute approximate surface area is 168 Å². The first-order valence-corrected chi connectivity index (χ1v) is 11.1. The number of benzene rings is 2. The Kier molecular flexibility index (Phi) is 6.07. The molecule has 1 unspecified atom stereocenters. The molecule has 1 aromatic heterocycles. The second-order valence-corrected chi connectivity index (χ2v) is 8.89. The van der Waals surface area contributed by atoms with Gasteiger partial charge in [0.05, 0.1) is 22.8 Å². The van der Waals surface area contributed by atoms with Crippen LogP contribution in [0.1, 0.15) is 23.9 Å². The van der Waals surface area contributed by atoms with Crippen molar-refractivity contribution in [3.8, 4) is 0 Å². The van der Waals surface area contributed by atoms with E-state index >= 15 is 0 Å². The highest BCUT2D eigenvalue weighted by molar-refractivity contribution is 7.99. The number of rotatable bonds is 7. The Morgan fingerprint density at radius 3 is 2.85 bits per heavy atom. The molecule has 27 heavy (non-hydrogen) atoms. The summed E-state index contributed by atoms with van der Waals surface area (Å²) in [5.41, 5.74) is 1.06. The van der Waals surface area contributed by atoms with E-state index in [1.165, 1.54) is 9.60 Å². The molecule has 1 fully saturated rings. The third kappa shape index (κ3) is 4.69. The van der Waals surface area contributed by atoms with Crippen LogP contribution in [0.15, 0.2) is 59.5 Å². The molecule has 140 valence electrons. The van der Waals surface area contributed by atoms with Gasteiger partial charge in [0, 0.05) is 17.2 Å². The average molecular weight is 398 g/mol. The molecule has 6 heteroatoms. The third-order valence-electron chi connectivity index (χ3n) is 4.74. The predicted octanol–water partition coefficient (Wildman–Crippen LogP) is 4.34. The number of hydrogen-bond acceptors (Lipinski definition) is 5. The molecule has 0 bridgehead atoms. The Morgan fingerprint density at radius 1 is 1.19 bits per heavy atom. The molecule has 4 rings (SSSR count). The number of para-hydroxylation sites is 1. The molecule has 1 aliphatic rings. The first kappa shape index (κ1) is 18.5. The fourth-order valence-electron chi connectivity index (χ4n) is 3.44. The summed E-state index contributed by atoms with van der Waals surface area (Å²) < 4.78 is 1.22. The van der Waals surface area contributed by atoms with Gasteiger partial charge in [0.25, 0.3) is 0 Å². The largest absolute Gasteiger partial charge is 0.354 e.